The SMILES string of the molecule is COC(=O)[C@@H](NC(=O)OCC1c2ccccc2-c2ccccc21)[C@@H](C)O[C@H]1O[C@H](COCc2ccccc2)[C@@H](OCc2ccccc2)[C@H](OCc2ccccc2)[C@H]1OCc1ccccc1. The van der Waals surface area contributed by atoms with Gasteiger partial charge in [0, 0.05) is 5.92 Å². The Balaban J connectivity index is 1.06. The summed E-state index contributed by atoms with van der Waals surface area (Å²) in [5, 5.41) is 2.73. The highest BCUT2D eigenvalue weighted by molar-refractivity contribution is 5.82. The van der Waals surface area contributed by atoms with Crippen molar-refractivity contribution in [3.63, 3.8) is 0 Å². The third kappa shape index (κ3) is 11.8. The van der Waals surface area contributed by atoms with Gasteiger partial charge in [-0.1, -0.05) is 170 Å². The summed E-state index contributed by atoms with van der Waals surface area (Å²) in [6, 6.07) is 54.2. The van der Waals surface area contributed by atoms with Crippen LogP contribution in [0, 0.1) is 0 Å². The predicted molar refractivity (Wildman–Crippen MR) is 244 cm³/mol. The normalized spacial score (nSPS) is 19.9. The van der Waals surface area contributed by atoms with Gasteiger partial charge in [-0.3, -0.25) is 0 Å². The molecule has 336 valence electrons. The van der Waals surface area contributed by atoms with Crippen molar-refractivity contribution in [2.24, 2.45) is 0 Å². The van der Waals surface area contributed by atoms with Crippen molar-refractivity contribution in [1.82, 2.24) is 5.32 Å². The van der Waals surface area contributed by atoms with E-state index in [9.17, 15) is 9.59 Å². The molecule has 1 fully saturated rings. The summed E-state index contributed by atoms with van der Waals surface area (Å²) in [7, 11) is 1.26. The molecule has 6 aromatic carbocycles. The fourth-order valence-electron chi connectivity index (χ4n) is 8.41. The maximum Gasteiger partial charge on any atom is 0.407 e. The minimum Gasteiger partial charge on any atom is -0.467 e. The lowest BCUT2D eigenvalue weighted by molar-refractivity contribution is -0.336. The van der Waals surface area contributed by atoms with E-state index in [1.165, 1.54) is 7.11 Å². The Morgan fingerprint density at radius 1 is 0.554 bits per heavy atom. The third-order valence-electron chi connectivity index (χ3n) is 11.7. The summed E-state index contributed by atoms with van der Waals surface area (Å²) in [5.74, 6) is -0.908. The van der Waals surface area contributed by atoms with Crippen LogP contribution in [-0.2, 0) is 69.1 Å². The summed E-state index contributed by atoms with van der Waals surface area (Å²) >= 11 is 0. The average Bonchev–Trinajstić information content (AvgIpc) is 3.67. The Kier molecular flexibility index (Phi) is 15.8. The molecule has 0 aromatic heterocycles. The number of carbonyl (C=O) groups excluding carboxylic acids is 2. The van der Waals surface area contributed by atoms with Gasteiger partial charge in [-0.2, -0.15) is 0 Å². The first-order chi connectivity index (χ1) is 31.9. The van der Waals surface area contributed by atoms with Gasteiger partial charge in [0.2, 0.25) is 0 Å². The van der Waals surface area contributed by atoms with Gasteiger partial charge in [0.05, 0.1) is 46.2 Å². The Morgan fingerprint density at radius 3 is 1.51 bits per heavy atom. The van der Waals surface area contributed by atoms with Crippen molar-refractivity contribution in [1.29, 1.82) is 0 Å². The molecule has 8 rings (SSSR count). The van der Waals surface area contributed by atoms with Crippen LogP contribution in [0.15, 0.2) is 170 Å². The van der Waals surface area contributed by atoms with Crippen LogP contribution in [0.3, 0.4) is 0 Å². The van der Waals surface area contributed by atoms with Crippen LogP contribution in [0.1, 0.15) is 46.2 Å². The second-order valence-corrected chi connectivity index (χ2v) is 16.1. The number of alkyl carbamates (subject to hydrolysis) is 1. The highest BCUT2D eigenvalue weighted by atomic mass is 16.7. The van der Waals surface area contributed by atoms with Crippen LogP contribution in [0.5, 0.6) is 0 Å². The molecule has 1 saturated heterocycles. The number of hydrogen-bond acceptors (Lipinski definition) is 10. The van der Waals surface area contributed by atoms with E-state index in [1.54, 1.807) is 6.92 Å². The second-order valence-electron chi connectivity index (χ2n) is 16.1. The Labute approximate surface area is 380 Å². The van der Waals surface area contributed by atoms with Gasteiger partial charge in [0.25, 0.3) is 0 Å². The maximum atomic E-state index is 13.7. The van der Waals surface area contributed by atoms with Gasteiger partial charge in [-0.25, -0.2) is 9.59 Å². The summed E-state index contributed by atoms with van der Waals surface area (Å²) in [4.78, 5) is 27.2. The molecule has 11 nitrogen and oxygen atoms in total. The second kappa shape index (κ2) is 22.6. The molecule has 0 radical (unpaired) electrons. The van der Waals surface area contributed by atoms with E-state index >= 15 is 0 Å². The van der Waals surface area contributed by atoms with E-state index < -0.39 is 54.9 Å². The van der Waals surface area contributed by atoms with Crippen molar-refractivity contribution in [3.8, 4) is 11.1 Å². The van der Waals surface area contributed by atoms with Gasteiger partial charge in [0.1, 0.15) is 31.0 Å². The van der Waals surface area contributed by atoms with E-state index in [4.69, 9.17) is 37.9 Å². The highest BCUT2D eigenvalue weighted by Crippen LogP contribution is 2.44. The Hall–Kier alpha value is -6.18. The fourth-order valence-corrected chi connectivity index (χ4v) is 8.41. The number of esters is 1. The van der Waals surface area contributed by atoms with Crippen molar-refractivity contribution in [2.45, 2.75) is 82.1 Å². The van der Waals surface area contributed by atoms with Crippen molar-refractivity contribution >= 4 is 12.1 Å². The quantitative estimate of drug-likeness (QED) is 0.0744. The van der Waals surface area contributed by atoms with Crippen molar-refractivity contribution < 1.29 is 47.5 Å². The van der Waals surface area contributed by atoms with Crippen LogP contribution >= 0.6 is 0 Å². The number of benzene rings is 6. The molecule has 0 unspecified atom stereocenters. The maximum absolute atomic E-state index is 13.7. The molecule has 7 atom stereocenters. The van der Waals surface area contributed by atoms with Gasteiger partial charge >= 0.3 is 12.1 Å². The van der Waals surface area contributed by atoms with Crippen LogP contribution in [-0.4, -0.2) is 75.2 Å². The topological polar surface area (TPSA) is 120 Å². The van der Waals surface area contributed by atoms with E-state index in [0.29, 0.717) is 6.61 Å². The number of methoxy groups -OCH3 is 1. The summed E-state index contributed by atoms with van der Waals surface area (Å²) in [6.45, 7) is 2.84. The average molecular weight is 878 g/mol. The monoisotopic (exact) mass is 877 g/mol. The zero-order chi connectivity index (χ0) is 44.8. The van der Waals surface area contributed by atoms with Gasteiger partial charge in [-0.15, -0.1) is 0 Å². The van der Waals surface area contributed by atoms with Gasteiger partial charge in [-0.05, 0) is 51.4 Å². The molecule has 6 aromatic rings. The van der Waals surface area contributed by atoms with Crippen molar-refractivity contribution in [2.75, 3.05) is 20.3 Å². The van der Waals surface area contributed by atoms with E-state index in [2.05, 4.69) is 17.4 Å². The molecular formula is C54H55NO10. The molecule has 1 amide bonds. The largest absolute Gasteiger partial charge is 0.467 e. The first-order valence-corrected chi connectivity index (χ1v) is 22.0. The number of carbonyl (C=O) groups is 2. The van der Waals surface area contributed by atoms with E-state index in [1.807, 2.05) is 158 Å². The third-order valence-corrected chi connectivity index (χ3v) is 11.7. The molecule has 0 bridgehead atoms. The zero-order valence-corrected chi connectivity index (χ0v) is 36.6. The first-order valence-electron chi connectivity index (χ1n) is 22.0. The molecule has 0 saturated carbocycles. The molecule has 11 heteroatoms. The molecule has 1 aliphatic carbocycles. The van der Waals surface area contributed by atoms with Crippen molar-refractivity contribution in [3.05, 3.63) is 203 Å². The molecule has 2 aliphatic rings. The lowest BCUT2D eigenvalue weighted by atomic mass is 9.97. The van der Waals surface area contributed by atoms with Crippen LogP contribution < -0.4 is 5.32 Å². The molecule has 1 aliphatic heterocycles. The minimum atomic E-state index is -1.29. The molecule has 0 spiro atoms. The number of amides is 1. The van der Waals surface area contributed by atoms with Gasteiger partial charge in [0.15, 0.2) is 12.3 Å². The lowest BCUT2D eigenvalue weighted by Crippen LogP contribution is -2.63. The zero-order valence-electron chi connectivity index (χ0n) is 36.6. The number of rotatable bonds is 20. The van der Waals surface area contributed by atoms with E-state index in [-0.39, 0.29) is 39.0 Å². The van der Waals surface area contributed by atoms with Gasteiger partial charge < -0.3 is 43.2 Å². The fraction of sp³-hybridized carbons (Fsp3) is 0.296. The molecule has 1 heterocycles. The molecule has 65 heavy (non-hydrogen) atoms. The smallest absolute Gasteiger partial charge is 0.407 e. The molecular weight excluding hydrogens is 823 g/mol. The number of hydrogen-bond donors (Lipinski definition) is 1. The number of fused-ring (bicyclic) bond motifs is 3. The Morgan fingerprint density at radius 2 is 1.00 bits per heavy atom. The first kappa shape index (κ1) is 45.4. The van der Waals surface area contributed by atoms with Crippen LogP contribution in [0.4, 0.5) is 4.79 Å². The minimum absolute atomic E-state index is 0.0552. The number of nitrogens with one attached hydrogen (secondary N) is 1. The standard InChI is InChI=1S/C54H55NO10/c1-37(48(52(56)58-2)55-54(57)63-35-46-44-29-17-15-27-42(44)43-28-16-18-30-45(43)46)64-53-51(62-34-41-25-13-6-14-26-41)50(61-33-40-23-11-5-12-24-40)49(60-32-39-21-9-4-10-22-39)47(65-53)36-59-31-38-19-7-3-8-20-38/h3-30,37,46-51,53H,31-36H2,1-2H3,(H,55,57)/t37-,47-,48+,49-,50+,51-,53+/m1/s1. The summed E-state index contributed by atoms with van der Waals surface area (Å²) < 4.78 is 51.4. The van der Waals surface area contributed by atoms with Crippen LogP contribution in [0.25, 0.3) is 11.1 Å². The predicted octanol–water partition coefficient (Wildman–Crippen LogP) is 9.17. The Bertz CT molecular complexity index is 2360. The van der Waals surface area contributed by atoms with Crippen LogP contribution in [0.2, 0.25) is 0 Å². The number of ether oxygens (including phenoxy) is 8. The summed E-state index contributed by atoms with van der Waals surface area (Å²) in [5.41, 5.74) is 8.16. The summed E-state index contributed by atoms with van der Waals surface area (Å²) in [6.07, 6.45) is -6.08. The van der Waals surface area contributed by atoms with E-state index in [0.717, 1.165) is 44.5 Å². The molecule has 1 N–H and O–H groups in total. The highest BCUT2D eigenvalue weighted by Gasteiger charge is 2.50. The lowest BCUT2D eigenvalue weighted by Gasteiger charge is -2.46.